The molecule has 0 atom stereocenters. The van der Waals surface area contributed by atoms with Crippen LogP contribution in [0.15, 0.2) is 0 Å². The fourth-order valence-corrected chi connectivity index (χ4v) is 5.74. The standard InChI is InChI=1S/C23H44/c1-19(2)15-17-23(18-16-20(3)4,21-11-7-5-8-12-21)22-13-9-6-10-14-22/h19-22H,5-18H2,1-4H3. The Balaban J connectivity index is 2.20. The van der Waals surface area contributed by atoms with Crippen LogP contribution in [0, 0.1) is 29.1 Å². The molecule has 2 aliphatic carbocycles. The molecule has 0 unspecified atom stereocenters. The van der Waals surface area contributed by atoms with Gasteiger partial charge in [0.25, 0.3) is 0 Å². The van der Waals surface area contributed by atoms with Gasteiger partial charge in [0.15, 0.2) is 0 Å². The highest BCUT2D eigenvalue weighted by Crippen LogP contribution is 2.55. The van der Waals surface area contributed by atoms with Crippen molar-refractivity contribution in [3.8, 4) is 0 Å². The van der Waals surface area contributed by atoms with Crippen molar-refractivity contribution in [2.45, 2.75) is 118 Å². The van der Waals surface area contributed by atoms with E-state index in [4.69, 9.17) is 0 Å². The molecule has 0 aromatic rings. The van der Waals surface area contributed by atoms with Gasteiger partial charge in [-0.25, -0.2) is 0 Å². The maximum Gasteiger partial charge on any atom is -0.0241 e. The van der Waals surface area contributed by atoms with E-state index in [9.17, 15) is 0 Å². The Hall–Kier alpha value is 0. The first-order valence-electron chi connectivity index (χ1n) is 11.0. The van der Waals surface area contributed by atoms with Gasteiger partial charge in [0.1, 0.15) is 0 Å². The molecule has 2 aliphatic rings. The molecular weight excluding hydrogens is 276 g/mol. The molecule has 0 heteroatoms. The van der Waals surface area contributed by atoms with E-state index >= 15 is 0 Å². The van der Waals surface area contributed by atoms with Gasteiger partial charge < -0.3 is 0 Å². The molecule has 2 fully saturated rings. The molecule has 0 nitrogen and oxygen atoms in total. The van der Waals surface area contributed by atoms with Crippen LogP contribution in [0.1, 0.15) is 118 Å². The Kier molecular flexibility index (Phi) is 7.96. The van der Waals surface area contributed by atoms with Crippen LogP contribution in [-0.2, 0) is 0 Å². The minimum atomic E-state index is 0.704. The van der Waals surface area contributed by atoms with Crippen LogP contribution in [0.3, 0.4) is 0 Å². The molecule has 2 saturated carbocycles. The van der Waals surface area contributed by atoms with Gasteiger partial charge >= 0.3 is 0 Å². The fourth-order valence-electron chi connectivity index (χ4n) is 5.74. The Labute approximate surface area is 147 Å². The quantitative estimate of drug-likeness (QED) is 0.425. The summed E-state index contributed by atoms with van der Waals surface area (Å²) in [4.78, 5) is 0. The zero-order valence-electron chi connectivity index (χ0n) is 16.7. The third kappa shape index (κ3) is 5.50. The second kappa shape index (κ2) is 9.47. The summed E-state index contributed by atoms with van der Waals surface area (Å²) in [5.41, 5.74) is 0.704. The van der Waals surface area contributed by atoms with Gasteiger partial charge in [-0.15, -0.1) is 0 Å². The molecule has 0 aromatic carbocycles. The molecule has 0 heterocycles. The van der Waals surface area contributed by atoms with E-state index in [1.165, 1.54) is 64.2 Å². The Bertz CT molecular complexity index is 270. The molecule has 0 bridgehead atoms. The van der Waals surface area contributed by atoms with Crippen LogP contribution in [0.2, 0.25) is 0 Å². The Morgan fingerprint density at radius 3 is 1.26 bits per heavy atom. The molecule has 23 heavy (non-hydrogen) atoms. The molecule has 136 valence electrons. The molecule has 2 rings (SSSR count). The summed E-state index contributed by atoms with van der Waals surface area (Å²) in [6.45, 7) is 9.76. The van der Waals surface area contributed by atoms with Crippen LogP contribution in [-0.4, -0.2) is 0 Å². The van der Waals surface area contributed by atoms with Gasteiger partial charge in [-0.05, 0) is 67.6 Å². The smallest absolute Gasteiger partial charge is 0.0241 e. The Morgan fingerprint density at radius 2 is 0.957 bits per heavy atom. The lowest BCUT2D eigenvalue weighted by Gasteiger charge is -2.51. The summed E-state index contributed by atoms with van der Waals surface area (Å²) in [5, 5.41) is 0. The van der Waals surface area contributed by atoms with Gasteiger partial charge in [-0.1, -0.05) is 79.1 Å². The molecule has 0 amide bonds. The van der Waals surface area contributed by atoms with Crippen molar-refractivity contribution in [3.05, 3.63) is 0 Å². The zero-order valence-corrected chi connectivity index (χ0v) is 16.7. The highest BCUT2D eigenvalue weighted by Gasteiger charge is 2.44. The average Bonchev–Trinajstić information content (AvgIpc) is 2.56. The first-order chi connectivity index (χ1) is 11.0. The molecule has 0 aliphatic heterocycles. The molecule has 0 N–H and O–H groups in total. The zero-order chi connectivity index (χ0) is 16.7. The van der Waals surface area contributed by atoms with Gasteiger partial charge in [-0.2, -0.15) is 0 Å². The third-order valence-electron chi connectivity index (χ3n) is 7.21. The average molecular weight is 321 g/mol. The predicted octanol–water partition coefficient (Wildman–Crippen LogP) is 8.01. The summed E-state index contributed by atoms with van der Waals surface area (Å²) >= 11 is 0. The molecule has 0 aromatic heterocycles. The van der Waals surface area contributed by atoms with E-state index in [-0.39, 0.29) is 0 Å². The van der Waals surface area contributed by atoms with E-state index in [0.29, 0.717) is 5.41 Å². The predicted molar refractivity (Wildman–Crippen MR) is 104 cm³/mol. The first kappa shape index (κ1) is 19.3. The van der Waals surface area contributed by atoms with E-state index in [2.05, 4.69) is 27.7 Å². The van der Waals surface area contributed by atoms with Crippen molar-refractivity contribution in [2.24, 2.45) is 29.1 Å². The lowest BCUT2D eigenvalue weighted by molar-refractivity contribution is -0.00407. The summed E-state index contributed by atoms with van der Waals surface area (Å²) in [7, 11) is 0. The molecular formula is C23H44. The van der Waals surface area contributed by atoms with Crippen LogP contribution >= 0.6 is 0 Å². The van der Waals surface area contributed by atoms with Crippen molar-refractivity contribution in [2.75, 3.05) is 0 Å². The van der Waals surface area contributed by atoms with Gasteiger partial charge in [0.05, 0.1) is 0 Å². The van der Waals surface area contributed by atoms with Gasteiger partial charge in [0, 0.05) is 0 Å². The summed E-state index contributed by atoms with van der Waals surface area (Å²) in [6, 6.07) is 0. The highest BCUT2D eigenvalue weighted by molar-refractivity contribution is 4.94. The summed E-state index contributed by atoms with van der Waals surface area (Å²) in [6.07, 6.45) is 21.3. The summed E-state index contributed by atoms with van der Waals surface area (Å²) < 4.78 is 0. The molecule has 0 radical (unpaired) electrons. The maximum absolute atomic E-state index is 2.44. The number of hydrogen-bond acceptors (Lipinski definition) is 0. The van der Waals surface area contributed by atoms with E-state index in [1.54, 1.807) is 25.7 Å². The van der Waals surface area contributed by atoms with Crippen LogP contribution < -0.4 is 0 Å². The van der Waals surface area contributed by atoms with Crippen molar-refractivity contribution in [1.82, 2.24) is 0 Å². The second-order valence-electron chi connectivity index (χ2n) is 9.77. The molecule has 0 saturated heterocycles. The van der Waals surface area contributed by atoms with Crippen LogP contribution in [0.4, 0.5) is 0 Å². The van der Waals surface area contributed by atoms with Gasteiger partial charge in [0.2, 0.25) is 0 Å². The Morgan fingerprint density at radius 1 is 0.609 bits per heavy atom. The number of rotatable bonds is 8. The van der Waals surface area contributed by atoms with Crippen molar-refractivity contribution < 1.29 is 0 Å². The van der Waals surface area contributed by atoms with Crippen molar-refractivity contribution in [3.63, 3.8) is 0 Å². The van der Waals surface area contributed by atoms with E-state index in [0.717, 1.165) is 23.7 Å². The lowest BCUT2D eigenvalue weighted by Crippen LogP contribution is -2.41. The second-order valence-corrected chi connectivity index (χ2v) is 9.77. The van der Waals surface area contributed by atoms with Crippen molar-refractivity contribution >= 4 is 0 Å². The van der Waals surface area contributed by atoms with Crippen LogP contribution in [0.5, 0.6) is 0 Å². The lowest BCUT2D eigenvalue weighted by atomic mass is 9.54. The van der Waals surface area contributed by atoms with Crippen LogP contribution in [0.25, 0.3) is 0 Å². The topological polar surface area (TPSA) is 0 Å². The normalized spacial score (nSPS) is 22.2. The first-order valence-corrected chi connectivity index (χ1v) is 11.0. The van der Waals surface area contributed by atoms with Gasteiger partial charge in [-0.3, -0.25) is 0 Å². The third-order valence-corrected chi connectivity index (χ3v) is 7.21. The number of hydrogen-bond donors (Lipinski definition) is 0. The van der Waals surface area contributed by atoms with E-state index in [1.807, 2.05) is 0 Å². The van der Waals surface area contributed by atoms with E-state index < -0.39 is 0 Å². The minimum Gasteiger partial charge on any atom is -0.0628 e. The summed E-state index contributed by atoms with van der Waals surface area (Å²) in [5.74, 6) is 3.86. The minimum absolute atomic E-state index is 0.704. The largest absolute Gasteiger partial charge is 0.0628 e. The van der Waals surface area contributed by atoms with Crippen molar-refractivity contribution in [1.29, 1.82) is 0 Å². The highest BCUT2D eigenvalue weighted by atomic mass is 14.5. The SMILES string of the molecule is CC(C)CCC(CCC(C)C)(C1CCCCC1)C1CCCCC1. The fraction of sp³-hybridized carbons (Fsp3) is 1.00. The monoisotopic (exact) mass is 320 g/mol. The molecule has 0 spiro atoms. The maximum atomic E-state index is 2.44.